The Hall–Kier alpha value is -2.73. The highest BCUT2D eigenvalue weighted by Crippen LogP contribution is 2.17. The molecule has 3 N–H and O–H groups in total. The molecule has 1 saturated heterocycles. The van der Waals surface area contributed by atoms with Gasteiger partial charge in [0.15, 0.2) is 10.8 Å². The van der Waals surface area contributed by atoms with Crippen LogP contribution in [0, 0.1) is 0 Å². The lowest BCUT2D eigenvalue weighted by atomic mass is 9.99. The number of amides is 3. The average molecular weight is 418 g/mol. The number of aromatic nitrogens is 1. The van der Waals surface area contributed by atoms with Crippen LogP contribution >= 0.6 is 22.9 Å². The fourth-order valence-corrected chi connectivity index (χ4v) is 2.83. The van der Waals surface area contributed by atoms with Crippen LogP contribution in [-0.2, 0) is 28.8 Å². The second-order valence-electron chi connectivity index (χ2n) is 5.21. The van der Waals surface area contributed by atoms with Gasteiger partial charge in [-0.3, -0.25) is 19.2 Å². The Morgan fingerprint density at radius 1 is 1.44 bits per heavy atom. The van der Waals surface area contributed by atoms with Crippen molar-refractivity contribution < 1.29 is 28.8 Å². The van der Waals surface area contributed by atoms with E-state index in [2.05, 4.69) is 30.9 Å². The first-order valence-corrected chi connectivity index (χ1v) is 8.94. The molecule has 1 aromatic rings. The smallest absolute Gasteiger partial charge is 0.302 e. The summed E-state index contributed by atoms with van der Waals surface area (Å²) < 4.78 is 4.83. The van der Waals surface area contributed by atoms with Gasteiger partial charge < -0.3 is 25.5 Å². The minimum Gasteiger partial charge on any atom is -0.464 e. The van der Waals surface area contributed by atoms with E-state index in [-0.39, 0.29) is 29.0 Å². The molecule has 146 valence electrons. The number of thiazole rings is 1. The molecule has 2 unspecified atom stereocenters. The first-order valence-electron chi connectivity index (χ1n) is 7.53. The van der Waals surface area contributed by atoms with Gasteiger partial charge in [-0.2, -0.15) is 0 Å². The second kappa shape index (κ2) is 9.28. The Morgan fingerprint density at radius 2 is 2.19 bits per heavy atom. The average Bonchev–Trinajstić information content (AvgIpc) is 3.08. The number of nitrogens with one attached hydrogen (secondary N) is 3. The molecule has 2 rings (SSSR count). The van der Waals surface area contributed by atoms with E-state index < -0.39 is 35.8 Å². The van der Waals surface area contributed by atoms with E-state index in [1.807, 2.05) is 0 Å². The van der Waals surface area contributed by atoms with Crippen LogP contribution in [0.15, 0.2) is 10.5 Å². The maximum absolute atomic E-state index is 12.5. The SMILES string of the molecule is CON=C(C(=O)NC1C(=O)NC1COC(C)=O)c1csc(NC(=O)CCl)n1. The Labute approximate surface area is 162 Å². The van der Waals surface area contributed by atoms with Crippen molar-refractivity contribution in [2.24, 2.45) is 5.16 Å². The highest BCUT2D eigenvalue weighted by Gasteiger charge is 2.42. The summed E-state index contributed by atoms with van der Waals surface area (Å²) in [5, 5.41) is 12.8. The van der Waals surface area contributed by atoms with Crippen LogP contribution in [-0.4, -0.2) is 66.1 Å². The highest BCUT2D eigenvalue weighted by molar-refractivity contribution is 7.14. The lowest BCUT2D eigenvalue weighted by molar-refractivity contribution is -0.147. The molecule has 2 heterocycles. The summed E-state index contributed by atoms with van der Waals surface area (Å²) in [6, 6.07) is -1.45. The number of anilines is 1. The molecule has 13 heteroatoms. The zero-order valence-electron chi connectivity index (χ0n) is 14.3. The molecule has 2 atom stereocenters. The number of esters is 1. The molecule has 0 aliphatic carbocycles. The molecule has 1 aromatic heterocycles. The number of rotatable bonds is 8. The van der Waals surface area contributed by atoms with Crippen molar-refractivity contribution in [3.05, 3.63) is 11.1 Å². The van der Waals surface area contributed by atoms with Crippen LogP contribution in [0.25, 0.3) is 0 Å². The number of carbonyl (C=O) groups is 4. The minimum absolute atomic E-state index is 0.0753. The Morgan fingerprint density at radius 3 is 2.78 bits per heavy atom. The largest absolute Gasteiger partial charge is 0.464 e. The van der Waals surface area contributed by atoms with Gasteiger partial charge in [-0.25, -0.2) is 4.98 Å². The lowest BCUT2D eigenvalue weighted by Gasteiger charge is -2.36. The van der Waals surface area contributed by atoms with E-state index in [0.717, 1.165) is 11.3 Å². The molecule has 1 aliphatic heterocycles. The van der Waals surface area contributed by atoms with Crippen molar-refractivity contribution in [1.82, 2.24) is 15.6 Å². The van der Waals surface area contributed by atoms with Crippen LogP contribution in [0.2, 0.25) is 0 Å². The number of carbonyl (C=O) groups excluding carboxylic acids is 4. The normalized spacial score (nSPS) is 18.8. The van der Waals surface area contributed by atoms with Gasteiger partial charge in [-0.1, -0.05) is 5.16 Å². The highest BCUT2D eigenvalue weighted by atomic mass is 35.5. The first-order chi connectivity index (χ1) is 12.8. The van der Waals surface area contributed by atoms with E-state index in [9.17, 15) is 19.2 Å². The van der Waals surface area contributed by atoms with Gasteiger partial charge in [0, 0.05) is 12.3 Å². The predicted octanol–water partition coefficient (Wildman–Crippen LogP) is -0.783. The number of ether oxygens (including phenoxy) is 1. The number of hydrogen-bond donors (Lipinski definition) is 3. The molecule has 0 radical (unpaired) electrons. The molecule has 3 amide bonds. The zero-order chi connectivity index (χ0) is 20.0. The molecular formula is C14H16ClN5O6S. The summed E-state index contributed by atoms with van der Waals surface area (Å²) in [7, 11) is 1.25. The molecule has 0 aromatic carbocycles. The van der Waals surface area contributed by atoms with Crippen molar-refractivity contribution in [3.63, 3.8) is 0 Å². The quantitative estimate of drug-likeness (QED) is 0.165. The molecule has 11 nitrogen and oxygen atoms in total. The first kappa shape index (κ1) is 20.6. The minimum atomic E-state index is -0.895. The Kier molecular flexibility index (Phi) is 7.07. The van der Waals surface area contributed by atoms with Crippen molar-refractivity contribution in [2.75, 3.05) is 24.9 Å². The van der Waals surface area contributed by atoms with E-state index in [0.29, 0.717) is 0 Å². The van der Waals surface area contributed by atoms with Crippen molar-refractivity contribution in [3.8, 4) is 0 Å². The van der Waals surface area contributed by atoms with Crippen LogP contribution in [0.5, 0.6) is 0 Å². The molecule has 0 saturated carbocycles. The van der Waals surface area contributed by atoms with Gasteiger partial charge in [0.25, 0.3) is 5.91 Å². The molecule has 1 fully saturated rings. The summed E-state index contributed by atoms with van der Waals surface area (Å²) in [6.07, 6.45) is 0. The summed E-state index contributed by atoms with van der Waals surface area (Å²) in [6.45, 7) is 1.16. The maximum Gasteiger partial charge on any atom is 0.302 e. The van der Waals surface area contributed by atoms with Crippen LogP contribution < -0.4 is 16.0 Å². The van der Waals surface area contributed by atoms with E-state index in [4.69, 9.17) is 16.3 Å². The van der Waals surface area contributed by atoms with E-state index in [1.165, 1.54) is 19.4 Å². The van der Waals surface area contributed by atoms with E-state index >= 15 is 0 Å². The summed E-state index contributed by atoms with van der Waals surface area (Å²) in [5.41, 5.74) is -0.0495. The van der Waals surface area contributed by atoms with Gasteiger partial charge in [0.1, 0.15) is 31.3 Å². The van der Waals surface area contributed by atoms with Gasteiger partial charge >= 0.3 is 5.97 Å². The van der Waals surface area contributed by atoms with Gasteiger partial charge in [-0.05, 0) is 0 Å². The van der Waals surface area contributed by atoms with Crippen LogP contribution in [0.3, 0.4) is 0 Å². The second-order valence-corrected chi connectivity index (χ2v) is 6.34. The van der Waals surface area contributed by atoms with Gasteiger partial charge in [0.05, 0.1) is 6.04 Å². The number of nitrogens with zero attached hydrogens (tertiary/aromatic N) is 2. The molecule has 27 heavy (non-hydrogen) atoms. The number of halogens is 1. The number of hydrogen-bond acceptors (Lipinski definition) is 9. The number of alkyl halides is 1. The maximum atomic E-state index is 12.5. The topological polar surface area (TPSA) is 148 Å². The monoisotopic (exact) mass is 417 g/mol. The Balaban J connectivity index is 2.07. The summed E-state index contributed by atoms with van der Waals surface area (Å²) in [5.74, 6) is -2.34. The standard InChI is InChI=1S/C14H16ClN5O6S/c1-6(21)26-4-7-10(12(23)16-7)19-13(24)11(20-25-2)8-5-27-14(17-8)18-9(22)3-15/h5,7,10H,3-4H2,1-2H3,(H,16,23)(H,19,24)(H,17,18,22). The fraction of sp³-hybridized carbons (Fsp3) is 0.429. The zero-order valence-corrected chi connectivity index (χ0v) is 15.8. The van der Waals surface area contributed by atoms with Gasteiger partial charge in [0.2, 0.25) is 11.8 Å². The molecular weight excluding hydrogens is 402 g/mol. The summed E-state index contributed by atoms with van der Waals surface area (Å²) >= 11 is 6.47. The number of β-lactam (4-membered cyclic amide) rings is 1. The van der Waals surface area contributed by atoms with Crippen molar-refractivity contribution >= 4 is 57.5 Å². The molecule has 0 bridgehead atoms. The van der Waals surface area contributed by atoms with Crippen molar-refractivity contribution in [2.45, 2.75) is 19.0 Å². The third-order valence-electron chi connectivity index (χ3n) is 3.28. The predicted molar refractivity (Wildman–Crippen MR) is 95.5 cm³/mol. The number of oxime groups is 1. The summed E-state index contributed by atoms with van der Waals surface area (Å²) in [4.78, 5) is 55.1. The van der Waals surface area contributed by atoms with Crippen LogP contribution in [0.4, 0.5) is 5.13 Å². The molecule has 1 aliphatic rings. The fourth-order valence-electron chi connectivity index (χ4n) is 2.05. The van der Waals surface area contributed by atoms with E-state index in [1.54, 1.807) is 0 Å². The van der Waals surface area contributed by atoms with Crippen molar-refractivity contribution in [1.29, 1.82) is 0 Å². The third kappa shape index (κ3) is 5.37. The third-order valence-corrected chi connectivity index (χ3v) is 4.28. The van der Waals surface area contributed by atoms with Crippen LogP contribution in [0.1, 0.15) is 12.6 Å². The van der Waals surface area contributed by atoms with Gasteiger partial charge in [-0.15, -0.1) is 22.9 Å². The Bertz CT molecular complexity index is 782. The molecule has 0 spiro atoms. The lowest BCUT2D eigenvalue weighted by Crippen LogP contribution is -2.71.